The predicted molar refractivity (Wildman–Crippen MR) is 98.6 cm³/mol. The number of methoxy groups -OCH3 is 1. The van der Waals surface area contributed by atoms with Crippen LogP contribution in [0.3, 0.4) is 0 Å². The maximum Gasteiger partial charge on any atom is 0.339 e. The molecule has 0 radical (unpaired) electrons. The van der Waals surface area contributed by atoms with Crippen LogP contribution in [0, 0.1) is 0 Å². The smallest absolute Gasteiger partial charge is 0.339 e. The lowest BCUT2D eigenvalue weighted by molar-refractivity contribution is -0.130. The molecule has 2 rings (SSSR count). The molecule has 1 unspecified atom stereocenters. The quantitative estimate of drug-likeness (QED) is 0.568. The molecule has 0 bridgehead atoms. The van der Waals surface area contributed by atoms with Gasteiger partial charge in [0.25, 0.3) is 5.91 Å². The first-order valence-corrected chi connectivity index (χ1v) is 8.98. The number of amides is 1. The molecule has 0 heterocycles. The van der Waals surface area contributed by atoms with Gasteiger partial charge in [-0.1, -0.05) is 31.9 Å². The summed E-state index contributed by atoms with van der Waals surface area (Å²) >= 11 is 0. The van der Waals surface area contributed by atoms with E-state index in [4.69, 9.17) is 14.2 Å². The third kappa shape index (κ3) is 5.51. The van der Waals surface area contributed by atoms with E-state index in [2.05, 4.69) is 11.9 Å². The second-order valence-electron chi connectivity index (χ2n) is 6.36. The van der Waals surface area contributed by atoms with Crippen LogP contribution < -0.4 is 14.8 Å². The molecule has 0 spiro atoms. The van der Waals surface area contributed by atoms with E-state index < -0.39 is 12.1 Å². The van der Waals surface area contributed by atoms with Gasteiger partial charge in [0, 0.05) is 6.04 Å². The summed E-state index contributed by atoms with van der Waals surface area (Å²) in [6.45, 7) is 5.50. The average Bonchev–Trinajstić information content (AvgIpc) is 2.66. The molecule has 6 nitrogen and oxygen atoms in total. The third-order valence-electron chi connectivity index (χ3n) is 4.36. The number of ether oxygens (including phenoxy) is 3. The van der Waals surface area contributed by atoms with Crippen LogP contribution in [-0.4, -0.2) is 37.7 Å². The van der Waals surface area contributed by atoms with Gasteiger partial charge in [0.05, 0.1) is 12.7 Å². The van der Waals surface area contributed by atoms with Crippen LogP contribution in [-0.2, 0) is 9.53 Å². The van der Waals surface area contributed by atoms with E-state index >= 15 is 0 Å². The first-order chi connectivity index (χ1) is 12.5. The van der Waals surface area contributed by atoms with Crippen LogP contribution in [0.2, 0.25) is 0 Å². The Kier molecular flexibility index (Phi) is 7.51. The monoisotopic (exact) mass is 361 g/mol. The molecule has 1 aromatic rings. The van der Waals surface area contributed by atoms with Crippen LogP contribution in [0.5, 0.6) is 11.5 Å². The van der Waals surface area contributed by atoms with E-state index in [-0.39, 0.29) is 11.9 Å². The predicted octanol–water partition coefficient (Wildman–Crippen LogP) is 3.25. The Labute approximate surface area is 154 Å². The average molecular weight is 361 g/mol. The highest BCUT2D eigenvalue weighted by atomic mass is 16.5. The van der Waals surface area contributed by atoms with E-state index in [1.54, 1.807) is 25.1 Å². The van der Waals surface area contributed by atoms with Crippen molar-refractivity contribution in [2.45, 2.75) is 51.2 Å². The van der Waals surface area contributed by atoms with Gasteiger partial charge in [-0.15, -0.1) is 0 Å². The summed E-state index contributed by atoms with van der Waals surface area (Å²) in [5.74, 6) is 0.0840. The highest BCUT2D eigenvalue weighted by Gasteiger charge is 2.23. The lowest BCUT2D eigenvalue weighted by atomic mass is 9.95. The van der Waals surface area contributed by atoms with Gasteiger partial charge < -0.3 is 19.5 Å². The van der Waals surface area contributed by atoms with Gasteiger partial charge in [-0.05, 0) is 38.0 Å². The van der Waals surface area contributed by atoms with Crippen molar-refractivity contribution >= 4 is 11.9 Å². The molecule has 1 atom stereocenters. The van der Waals surface area contributed by atoms with E-state index in [0.717, 1.165) is 25.7 Å². The second kappa shape index (κ2) is 9.85. The van der Waals surface area contributed by atoms with Crippen LogP contribution in [0.15, 0.2) is 30.9 Å². The van der Waals surface area contributed by atoms with Crippen molar-refractivity contribution in [3.8, 4) is 11.5 Å². The highest BCUT2D eigenvalue weighted by molar-refractivity contribution is 5.92. The number of carbonyl (C=O) groups excluding carboxylic acids is 2. The van der Waals surface area contributed by atoms with Crippen molar-refractivity contribution in [1.29, 1.82) is 0 Å². The zero-order valence-electron chi connectivity index (χ0n) is 15.5. The van der Waals surface area contributed by atoms with Crippen molar-refractivity contribution in [2.75, 3.05) is 13.7 Å². The zero-order chi connectivity index (χ0) is 18.9. The summed E-state index contributed by atoms with van der Waals surface area (Å²) in [6, 6.07) is 4.92. The number of hydrogen-bond acceptors (Lipinski definition) is 5. The Balaban J connectivity index is 1.94. The Morgan fingerprint density at radius 2 is 2.00 bits per heavy atom. The van der Waals surface area contributed by atoms with E-state index in [9.17, 15) is 9.59 Å². The minimum Gasteiger partial charge on any atom is -0.493 e. The number of carbonyl (C=O) groups is 2. The fourth-order valence-electron chi connectivity index (χ4n) is 2.91. The summed E-state index contributed by atoms with van der Waals surface area (Å²) in [5.41, 5.74) is 0.296. The topological polar surface area (TPSA) is 73.9 Å². The Morgan fingerprint density at radius 3 is 2.65 bits per heavy atom. The molecule has 1 N–H and O–H groups in total. The minimum atomic E-state index is -0.855. The number of rotatable bonds is 8. The van der Waals surface area contributed by atoms with Gasteiger partial charge in [0.1, 0.15) is 6.61 Å². The van der Waals surface area contributed by atoms with Crippen LogP contribution in [0.1, 0.15) is 49.4 Å². The second-order valence-corrected chi connectivity index (χ2v) is 6.36. The number of nitrogens with one attached hydrogen (secondary N) is 1. The SMILES string of the molecule is C=CCOc1ccc(C(=O)OC(C)C(=O)NC2CCCCC2)cc1OC. The Morgan fingerprint density at radius 1 is 1.27 bits per heavy atom. The maximum absolute atomic E-state index is 12.3. The maximum atomic E-state index is 12.3. The van der Waals surface area contributed by atoms with E-state index in [1.165, 1.54) is 19.6 Å². The van der Waals surface area contributed by atoms with Gasteiger partial charge in [0.15, 0.2) is 17.6 Å². The van der Waals surface area contributed by atoms with Gasteiger partial charge in [-0.25, -0.2) is 4.79 Å². The molecule has 0 aromatic heterocycles. The highest BCUT2D eigenvalue weighted by Crippen LogP contribution is 2.28. The molecule has 26 heavy (non-hydrogen) atoms. The normalized spacial score (nSPS) is 15.6. The molecule has 1 aliphatic carbocycles. The van der Waals surface area contributed by atoms with Gasteiger partial charge in [-0.2, -0.15) is 0 Å². The molecule has 6 heteroatoms. The first-order valence-electron chi connectivity index (χ1n) is 8.98. The lowest BCUT2D eigenvalue weighted by Gasteiger charge is -2.24. The molecule has 1 amide bonds. The van der Waals surface area contributed by atoms with Crippen LogP contribution in [0.25, 0.3) is 0 Å². The molecule has 1 aliphatic rings. The van der Waals surface area contributed by atoms with E-state index in [1.807, 2.05) is 0 Å². The van der Waals surface area contributed by atoms with Gasteiger partial charge in [-0.3, -0.25) is 4.79 Å². The Bertz CT molecular complexity index is 637. The standard InChI is InChI=1S/C20H27NO5/c1-4-12-25-17-11-10-15(13-18(17)24-3)20(23)26-14(2)19(22)21-16-8-6-5-7-9-16/h4,10-11,13-14,16H,1,5-9,12H2,2-3H3,(H,21,22). The fourth-order valence-corrected chi connectivity index (χ4v) is 2.91. The summed E-state index contributed by atoms with van der Waals surface area (Å²) in [5, 5.41) is 2.96. The first kappa shape index (κ1) is 19.8. The molecule has 0 saturated heterocycles. The van der Waals surface area contributed by atoms with Crippen LogP contribution >= 0.6 is 0 Å². The summed E-state index contributed by atoms with van der Waals surface area (Å²) < 4.78 is 16.0. The van der Waals surface area contributed by atoms with Gasteiger partial charge in [0.2, 0.25) is 0 Å². The Hall–Kier alpha value is -2.50. The zero-order valence-corrected chi connectivity index (χ0v) is 15.5. The van der Waals surface area contributed by atoms with Crippen molar-refractivity contribution in [3.63, 3.8) is 0 Å². The van der Waals surface area contributed by atoms with Crippen molar-refractivity contribution < 1.29 is 23.8 Å². The molecular formula is C20H27NO5. The number of benzene rings is 1. The largest absolute Gasteiger partial charge is 0.493 e. The summed E-state index contributed by atoms with van der Waals surface area (Å²) in [7, 11) is 1.49. The van der Waals surface area contributed by atoms with E-state index in [0.29, 0.717) is 23.7 Å². The van der Waals surface area contributed by atoms with Crippen LogP contribution in [0.4, 0.5) is 0 Å². The molecule has 1 fully saturated rings. The van der Waals surface area contributed by atoms with Crippen molar-refractivity contribution in [2.24, 2.45) is 0 Å². The fraction of sp³-hybridized carbons (Fsp3) is 0.500. The molecule has 142 valence electrons. The number of esters is 1. The van der Waals surface area contributed by atoms with Crippen molar-refractivity contribution in [3.05, 3.63) is 36.4 Å². The molecule has 0 aliphatic heterocycles. The van der Waals surface area contributed by atoms with Crippen molar-refractivity contribution in [1.82, 2.24) is 5.32 Å². The van der Waals surface area contributed by atoms with Gasteiger partial charge >= 0.3 is 5.97 Å². The molecule has 1 aromatic carbocycles. The number of hydrogen-bond donors (Lipinski definition) is 1. The third-order valence-corrected chi connectivity index (χ3v) is 4.36. The summed E-state index contributed by atoms with van der Waals surface area (Å²) in [6.07, 6.45) is 6.19. The minimum absolute atomic E-state index is 0.179. The lowest BCUT2D eigenvalue weighted by Crippen LogP contribution is -2.42. The summed E-state index contributed by atoms with van der Waals surface area (Å²) in [4.78, 5) is 24.6. The molecular weight excluding hydrogens is 334 g/mol. The molecule has 1 saturated carbocycles.